The topological polar surface area (TPSA) is 79.3 Å². The fourth-order valence-electron chi connectivity index (χ4n) is 2.36. The number of aromatic nitrogens is 1. The summed E-state index contributed by atoms with van der Waals surface area (Å²) in [6.45, 7) is 5.94. The highest BCUT2D eigenvalue weighted by Gasteiger charge is 2.65. The average Bonchev–Trinajstić information content (AvgIpc) is 2.62. The maximum Gasteiger partial charge on any atom is 0.307 e. The van der Waals surface area contributed by atoms with E-state index in [0.717, 1.165) is 10.6 Å². The van der Waals surface area contributed by atoms with E-state index in [1.807, 2.05) is 20.8 Å². The highest BCUT2D eigenvalue weighted by atomic mass is 32.1. The molecule has 0 spiro atoms. The van der Waals surface area contributed by atoms with E-state index in [9.17, 15) is 9.59 Å². The second kappa shape index (κ2) is 4.35. The van der Waals surface area contributed by atoms with Crippen LogP contribution in [-0.2, 0) is 16.1 Å². The van der Waals surface area contributed by atoms with E-state index in [0.29, 0.717) is 6.54 Å². The number of carboxylic acid groups (broad SMARTS) is 1. The van der Waals surface area contributed by atoms with Crippen molar-refractivity contribution < 1.29 is 14.7 Å². The summed E-state index contributed by atoms with van der Waals surface area (Å²) < 4.78 is 0. The summed E-state index contributed by atoms with van der Waals surface area (Å²) in [5.74, 6) is -2.07. The first-order valence-corrected chi connectivity index (χ1v) is 6.63. The molecule has 1 fully saturated rings. The second-order valence-electron chi connectivity index (χ2n) is 5.19. The number of carboxylic acids is 1. The number of hydrogen-bond acceptors (Lipinski definition) is 4. The van der Waals surface area contributed by atoms with E-state index in [-0.39, 0.29) is 5.91 Å². The van der Waals surface area contributed by atoms with Crippen molar-refractivity contribution in [3.05, 3.63) is 16.1 Å². The molecule has 0 bridgehead atoms. The first-order valence-electron chi connectivity index (χ1n) is 5.75. The Kier molecular flexibility index (Phi) is 3.14. The predicted octanol–water partition coefficient (Wildman–Crippen LogP) is 1.42. The maximum atomic E-state index is 12.0. The number of nitrogens with zero attached hydrogens (tertiary/aromatic N) is 1. The number of thiazole rings is 1. The molecule has 6 heteroatoms. The number of aryl methyl sites for hydroxylation is 1. The van der Waals surface area contributed by atoms with Gasteiger partial charge >= 0.3 is 5.97 Å². The fourth-order valence-corrected chi connectivity index (χ4v) is 3.08. The van der Waals surface area contributed by atoms with Crippen LogP contribution in [0.4, 0.5) is 0 Å². The Morgan fingerprint density at radius 2 is 2.17 bits per heavy atom. The molecule has 1 aromatic heterocycles. The van der Waals surface area contributed by atoms with Crippen LogP contribution >= 0.6 is 11.3 Å². The Morgan fingerprint density at radius 1 is 1.50 bits per heavy atom. The van der Waals surface area contributed by atoms with Gasteiger partial charge in [0.2, 0.25) is 5.91 Å². The molecule has 0 aromatic carbocycles. The summed E-state index contributed by atoms with van der Waals surface area (Å²) in [7, 11) is 0. The van der Waals surface area contributed by atoms with E-state index in [2.05, 4.69) is 10.3 Å². The van der Waals surface area contributed by atoms with Crippen LogP contribution < -0.4 is 5.32 Å². The molecular weight excluding hydrogens is 252 g/mol. The van der Waals surface area contributed by atoms with E-state index in [1.165, 1.54) is 11.3 Å². The first kappa shape index (κ1) is 13.0. The van der Waals surface area contributed by atoms with Crippen molar-refractivity contribution in [3.8, 4) is 0 Å². The standard InChI is InChI=1S/C12H16N2O3S/c1-6-7(18-5-14-6)4-13-10(15)8-9(11(16)17)12(8,2)3/h5,8-9H,4H2,1-3H3,(H,13,15)(H,16,17). The Bertz CT molecular complexity index is 495. The summed E-state index contributed by atoms with van der Waals surface area (Å²) in [6, 6.07) is 0. The lowest BCUT2D eigenvalue weighted by atomic mass is 10.1. The third-order valence-corrected chi connectivity index (χ3v) is 4.58. The highest BCUT2D eigenvalue weighted by Crippen LogP contribution is 2.58. The van der Waals surface area contributed by atoms with Gasteiger partial charge in [-0.1, -0.05) is 13.8 Å². The summed E-state index contributed by atoms with van der Waals surface area (Å²) in [6.07, 6.45) is 0. The first-order chi connectivity index (χ1) is 8.35. The Labute approximate surface area is 109 Å². The Balaban J connectivity index is 1.94. The molecular formula is C12H16N2O3S. The van der Waals surface area contributed by atoms with Crippen LogP contribution in [0.15, 0.2) is 5.51 Å². The van der Waals surface area contributed by atoms with Gasteiger partial charge < -0.3 is 10.4 Å². The van der Waals surface area contributed by atoms with Crippen LogP contribution in [0.3, 0.4) is 0 Å². The summed E-state index contributed by atoms with van der Waals surface area (Å²) >= 11 is 1.49. The maximum absolute atomic E-state index is 12.0. The number of nitrogens with one attached hydrogen (secondary N) is 1. The summed E-state index contributed by atoms with van der Waals surface area (Å²) in [4.78, 5) is 28.1. The molecule has 5 nitrogen and oxygen atoms in total. The van der Waals surface area contributed by atoms with Crippen LogP contribution in [-0.4, -0.2) is 22.0 Å². The van der Waals surface area contributed by atoms with Gasteiger partial charge in [-0.3, -0.25) is 9.59 Å². The smallest absolute Gasteiger partial charge is 0.307 e. The van der Waals surface area contributed by atoms with Crippen LogP contribution in [0.25, 0.3) is 0 Å². The minimum Gasteiger partial charge on any atom is -0.481 e. The summed E-state index contributed by atoms with van der Waals surface area (Å²) in [5.41, 5.74) is 2.20. The Morgan fingerprint density at radius 3 is 2.61 bits per heavy atom. The molecule has 2 N–H and O–H groups in total. The fraction of sp³-hybridized carbons (Fsp3) is 0.583. The number of aliphatic carboxylic acids is 1. The van der Waals surface area contributed by atoms with Crippen molar-refractivity contribution in [2.24, 2.45) is 17.3 Å². The van der Waals surface area contributed by atoms with E-state index in [1.54, 1.807) is 5.51 Å². The minimum atomic E-state index is -0.894. The Hall–Kier alpha value is -1.43. The number of carbonyl (C=O) groups excluding carboxylic acids is 1. The molecule has 1 amide bonds. The molecule has 2 rings (SSSR count). The minimum absolute atomic E-state index is 0.180. The number of hydrogen-bond donors (Lipinski definition) is 2. The molecule has 1 aliphatic rings. The van der Waals surface area contributed by atoms with E-state index >= 15 is 0 Å². The lowest BCUT2D eigenvalue weighted by Crippen LogP contribution is -2.26. The third kappa shape index (κ3) is 2.12. The van der Waals surface area contributed by atoms with Crippen molar-refractivity contribution in [2.75, 3.05) is 0 Å². The zero-order valence-electron chi connectivity index (χ0n) is 10.6. The van der Waals surface area contributed by atoms with Crippen molar-refractivity contribution in [2.45, 2.75) is 27.3 Å². The van der Waals surface area contributed by atoms with E-state index < -0.39 is 23.2 Å². The number of amides is 1. The van der Waals surface area contributed by atoms with Crippen LogP contribution in [0, 0.1) is 24.2 Å². The molecule has 2 unspecified atom stereocenters. The van der Waals surface area contributed by atoms with Gasteiger partial charge in [-0.2, -0.15) is 0 Å². The SMILES string of the molecule is Cc1ncsc1CNC(=O)C1C(C(=O)O)C1(C)C. The average molecular weight is 268 g/mol. The normalized spacial score (nSPS) is 24.6. The number of carbonyl (C=O) groups is 2. The molecule has 18 heavy (non-hydrogen) atoms. The van der Waals surface area contributed by atoms with Crippen molar-refractivity contribution in [1.82, 2.24) is 10.3 Å². The van der Waals surface area contributed by atoms with Crippen LogP contribution in [0.1, 0.15) is 24.4 Å². The third-order valence-electron chi connectivity index (χ3n) is 3.64. The van der Waals surface area contributed by atoms with Crippen LogP contribution in [0.2, 0.25) is 0 Å². The predicted molar refractivity (Wildman–Crippen MR) is 67.1 cm³/mol. The van der Waals surface area contributed by atoms with E-state index in [4.69, 9.17) is 5.11 Å². The highest BCUT2D eigenvalue weighted by molar-refractivity contribution is 7.09. The zero-order chi connectivity index (χ0) is 13.5. The molecule has 1 aromatic rings. The van der Waals surface area contributed by atoms with Gasteiger partial charge in [0.05, 0.1) is 29.6 Å². The summed E-state index contributed by atoms with van der Waals surface area (Å²) in [5, 5.41) is 11.8. The van der Waals surface area contributed by atoms with Crippen molar-refractivity contribution in [1.29, 1.82) is 0 Å². The lowest BCUT2D eigenvalue weighted by Gasteiger charge is -2.04. The molecule has 1 aliphatic carbocycles. The van der Waals surface area contributed by atoms with Crippen LogP contribution in [0.5, 0.6) is 0 Å². The van der Waals surface area contributed by atoms with Gasteiger partial charge in [-0.05, 0) is 12.3 Å². The van der Waals surface area contributed by atoms with Crippen molar-refractivity contribution in [3.63, 3.8) is 0 Å². The van der Waals surface area contributed by atoms with Gasteiger partial charge in [0.25, 0.3) is 0 Å². The molecule has 0 radical (unpaired) electrons. The van der Waals surface area contributed by atoms with Gasteiger partial charge in [-0.25, -0.2) is 4.98 Å². The lowest BCUT2D eigenvalue weighted by molar-refractivity contribution is -0.140. The molecule has 0 aliphatic heterocycles. The molecule has 0 saturated heterocycles. The second-order valence-corrected chi connectivity index (χ2v) is 6.13. The molecule has 1 saturated carbocycles. The van der Waals surface area contributed by atoms with Gasteiger partial charge in [-0.15, -0.1) is 11.3 Å². The monoisotopic (exact) mass is 268 g/mol. The molecule has 1 heterocycles. The van der Waals surface area contributed by atoms with Gasteiger partial charge in [0.1, 0.15) is 0 Å². The number of rotatable bonds is 4. The zero-order valence-corrected chi connectivity index (χ0v) is 11.4. The quantitative estimate of drug-likeness (QED) is 0.865. The van der Waals surface area contributed by atoms with Gasteiger partial charge in [0.15, 0.2) is 0 Å². The largest absolute Gasteiger partial charge is 0.481 e. The molecule has 2 atom stereocenters. The molecule has 98 valence electrons. The van der Waals surface area contributed by atoms with Gasteiger partial charge in [0, 0.05) is 4.88 Å². The van der Waals surface area contributed by atoms with Crippen molar-refractivity contribution >= 4 is 23.2 Å².